The summed E-state index contributed by atoms with van der Waals surface area (Å²) in [6.07, 6.45) is 0. The second-order valence-corrected chi connectivity index (χ2v) is 3.93. The summed E-state index contributed by atoms with van der Waals surface area (Å²) in [6, 6.07) is 1.69. The number of nitriles is 1. The Morgan fingerprint density at radius 3 is 1.73 bits per heavy atom. The van der Waals surface area contributed by atoms with E-state index in [4.69, 9.17) is 56.8 Å². The van der Waals surface area contributed by atoms with Crippen molar-refractivity contribution in [2.45, 2.75) is 0 Å². The van der Waals surface area contributed by atoms with Crippen LogP contribution in [-0.4, -0.2) is 11.1 Å². The van der Waals surface area contributed by atoms with Crippen LogP contribution in [0.15, 0.2) is 0 Å². The van der Waals surface area contributed by atoms with Gasteiger partial charge in [0.25, 0.3) is 0 Å². The first-order valence-electron chi connectivity index (χ1n) is 3.41. The molecule has 78 valence electrons. The van der Waals surface area contributed by atoms with Crippen LogP contribution in [0.2, 0.25) is 20.1 Å². The van der Waals surface area contributed by atoms with Crippen LogP contribution < -0.4 is 0 Å². The Bertz CT molecular complexity index is 463. The highest BCUT2D eigenvalue weighted by Crippen LogP contribution is 2.40. The lowest BCUT2D eigenvalue weighted by molar-refractivity contribution is 0.0697. The largest absolute Gasteiger partial charge is 0.478 e. The summed E-state index contributed by atoms with van der Waals surface area (Å²) in [4.78, 5) is 10.8. The Morgan fingerprint density at radius 1 is 1.07 bits per heavy atom. The van der Waals surface area contributed by atoms with Gasteiger partial charge in [-0.3, -0.25) is 0 Å². The number of carbonyl (C=O) groups is 1. The SMILES string of the molecule is N#Cc1c(Cl)c(Cl)c(C(=O)O)c(Cl)c1Cl. The molecule has 0 unspecified atom stereocenters. The third kappa shape index (κ3) is 1.99. The van der Waals surface area contributed by atoms with Crippen molar-refractivity contribution in [3.05, 3.63) is 31.2 Å². The maximum absolute atomic E-state index is 10.8. The summed E-state index contributed by atoms with van der Waals surface area (Å²) in [5.41, 5.74) is -0.550. The van der Waals surface area contributed by atoms with E-state index < -0.39 is 11.5 Å². The molecule has 15 heavy (non-hydrogen) atoms. The minimum Gasteiger partial charge on any atom is -0.478 e. The van der Waals surface area contributed by atoms with Crippen molar-refractivity contribution in [3.8, 4) is 6.07 Å². The van der Waals surface area contributed by atoms with Crippen LogP contribution in [0.1, 0.15) is 15.9 Å². The van der Waals surface area contributed by atoms with Crippen LogP contribution in [0, 0.1) is 11.3 Å². The predicted molar refractivity (Wildman–Crippen MR) is 58.2 cm³/mol. The molecule has 0 aromatic heterocycles. The van der Waals surface area contributed by atoms with Gasteiger partial charge in [0.15, 0.2) is 0 Å². The molecule has 0 heterocycles. The fourth-order valence-corrected chi connectivity index (χ4v) is 2.02. The Balaban J connectivity index is 3.76. The van der Waals surface area contributed by atoms with Crippen LogP contribution in [-0.2, 0) is 0 Å². The van der Waals surface area contributed by atoms with Crippen molar-refractivity contribution in [2.75, 3.05) is 0 Å². The number of hydrogen-bond acceptors (Lipinski definition) is 2. The first kappa shape index (κ1) is 12.4. The summed E-state index contributed by atoms with van der Waals surface area (Å²) in [5.74, 6) is -1.36. The van der Waals surface area contributed by atoms with Crippen LogP contribution >= 0.6 is 46.4 Å². The second-order valence-electron chi connectivity index (χ2n) is 2.42. The summed E-state index contributed by atoms with van der Waals surface area (Å²) < 4.78 is 0. The number of nitrogens with zero attached hydrogens (tertiary/aromatic N) is 1. The lowest BCUT2D eigenvalue weighted by atomic mass is 10.1. The molecule has 1 aromatic carbocycles. The molecule has 1 aromatic rings. The van der Waals surface area contributed by atoms with E-state index in [0.717, 1.165) is 0 Å². The summed E-state index contributed by atoms with van der Waals surface area (Å²) >= 11 is 22.6. The third-order valence-electron chi connectivity index (χ3n) is 1.59. The van der Waals surface area contributed by atoms with Gasteiger partial charge in [-0.2, -0.15) is 5.26 Å². The lowest BCUT2D eigenvalue weighted by Gasteiger charge is -2.08. The first-order chi connectivity index (χ1) is 6.91. The fraction of sp³-hybridized carbons (Fsp3) is 0. The average Bonchev–Trinajstić information content (AvgIpc) is 2.16. The van der Waals surface area contributed by atoms with Gasteiger partial charge < -0.3 is 5.11 Å². The summed E-state index contributed by atoms with van der Waals surface area (Å²) in [7, 11) is 0. The molecule has 3 nitrogen and oxygen atoms in total. The van der Waals surface area contributed by atoms with Crippen molar-refractivity contribution in [1.82, 2.24) is 0 Å². The molecule has 0 atom stereocenters. The minimum absolute atomic E-state index is 0.140. The van der Waals surface area contributed by atoms with Crippen molar-refractivity contribution in [3.63, 3.8) is 0 Å². The normalized spacial score (nSPS) is 9.80. The zero-order chi connectivity index (χ0) is 11.7. The van der Waals surface area contributed by atoms with Crippen molar-refractivity contribution in [1.29, 1.82) is 5.26 Å². The highest BCUT2D eigenvalue weighted by Gasteiger charge is 2.24. The number of carboxylic acid groups (broad SMARTS) is 1. The Hall–Kier alpha value is -0.660. The maximum atomic E-state index is 10.8. The Labute approximate surface area is 105 Å². The Morgan fingerprint density at radius 2 is 1.47 bits per heavy atom. The van der Waals surface area contributed by atoms with Crippen molar-refractivity contribution in [2.24, 2.45) is 0 Å². The number of hydrogen-bond donors (Lipinski definition) is 1. The lowest BCUT2D eigenvalue weighted by Crippen LogP contribution is -2.01. The van der Waals surface area contributed by atoms with Crippen LogP contribution in [0.4, 0.5) is 0 Å². The number of benzene rings is 1. The quantitative estimate of drug-likeness (QED) is 0.796. The molecular formula is C8HCl4NO2. The fourth-order valence-electron chi connectivity index (χ4n) is 0.918. The van der Waals surface area contributed by atoms with Gasteiger partial charge in [-0.1, -0.05) is 46.4 Å². The average molecular weight is 285 g/mol. The van der Waals surface area contributed by atoms with Gasteiger partial charge in [-0.25, -0.2) is 4.79 Å². The Kier molecular flexibility index (Phi) is 3.69. The van der Waals surface area contributed by atoms with E-state index >= 15 is 0 Å². The molecule has 0 aliphatic carbocycles. The molecule has 0 bridgehead atoms. The van der Waals surface area contributed by atoms with Crippen LogP contribution in [0.5, 0.6) is 0 Å². The molecule has 1 N–H and O–H groups in total. The number of halogens is 4. The monoisotopic (exact) mass is 283 g/mol. The first-order valence-corrected chi connectivity index (χ1v) is 4.92. The van der Waals surface area contributed by atoms with Gasteiger partial charge in [0.05, 0.1) is 31.2 Å². The summed E-state index contributed by atoms with van der Waals surface area (Å²) in [5, 5.41) is 16.5. The molecule has 1 rings (SSSR count). The number of rotatable bonds is 1. The molecule has 7 heteroatoms. The molecule has 0 amide bonds. The molecule has 0 saturated heterocycles. The summed E-state index contributed by atoms with van der Waals surface area (Å²) in [6.45, 7) is 0. The van der Waals surface area contributed by atoms with Crippen molar-refractivity contribution < 1.29 is 9.90 Å². The third-order valence-corrected chi connectivity index (χ3v) is 3.29. The van der Waals surface area contributed by atoms with Gasteiger partial charge in [0.2, 0.25) is 0 Å². The van der Waals surface area contributed by atoms with Crippen LogP contribution in [0.3, 0.4) is 0 Å². The van der Waals surface area contributed by atoms with Crippen molar-refractivity contribution >= 4 is 52.4 Å². The molecule has 0 fully saturated rings. The van der Waals surface area contributed by atoms with Crippen LogP contribution in [0.25, 0.3) is 0 Å². The molecule has 0 saturated carbocycles. The molecular weight excluding hydrogens is 284 g/mol. The molecule has 0 spiro atoms. The van der Waals surface area contributed by atoms with E-state index in [9.17, 15) is 4.79 Å². The van der Waals surface area contributed by atoms with E-state index in [1.807, 2.05) is 0 Å². The molecule has 0 aliphatic heterocycles. The maximum Gasteiger partial charge on any atom is 0.338 e. The zero-order valence-corrected chi connectivity index (χ0v) is 9.84. The smallest absolute Gasteiger partial charge is 0.338 e. The highest BCUT2D eigenvalue weighted by atomic mass is 35.5. The topological polar surface area (TPSA) is 61.1 Å². The van der Waals surface area contributed by atoms with Gasteiger partial charge in [0.1, 0.15) is 6.07 Å². The van der Waals surface area contributed by atoms with E-state index in [1.54, 1.807) is 6.07 Å². The van der Waals surface area contributed by atoms with Gasteiger partial charge >= 0.3 is 5.97 Å². The van der Waals surface area contributed by atoms with E-state index in [2.05, 4.69) is 0 Å². The van der Waals surface area contributed by atoms with E-state index in [1.165, 1.54) is 0 Å². The van der Waals surface area contributed by atoms with Gasteiger partial charge in [-0.05, 0) is 0 Å². The molecule has 0 aliphatic rings. The second kappa shape index (κ2) is 4.46. The van der Waals surface area contributed by atoms with Gasteiger partial charge in [0, 0.05) is 0 Å². The number of carboxylic acids is 1. The van der Waals surface area contributed by atoms with Gasteiger partial charge in [-0.15, -0.1) is 0 Å². The zero-order valence-electron chi connectivity index (χ0n) is 6.81. The van der Waals surface area contributed by atoms with E-state index in [-0.39, 0.29) is 25.7 Å². The standard InChI is InChI=1S/C8HCl4NO2/c9-4-2(1-13)5(10)7(12)3(6(4)11)8(14)15/h(H,14,15). The van der Waals surface area contributed by atoms with E-state index in [0.29, 0.717) is 0 Å². The highest BCUT2D eigenvalue weighted by molar-refractivity contribution is 6.51. The predicted octanol–water partition coefficient (Wildman–Crippen LogP) is 3.87. The molecule has 0 radical (unpaired) electrons. The minimum atomic E-state index is -1.36. The number of aromatic carboxylic acids is 1.